The van der Waals surface area contributed by atoms with Crippen molar-refractivity contribution in [1.29, 1.82) is 0 Å². The monoisotopic (exact) mass is 314 g/mol. The van der Waals surface area contributed by atoms with Crippen molar-refractivity contribution in [1.82, 2.24) is 5.32 Å². The molecular formula is C15H20F2N2OS. The summed E-state index contributed by atoms with van der Waals surface area (Å²) in [5.74, 6) is -1.93. The smallest absolute Gasteiger partial charge is 0.251 e. The first-order valence-electron chi connectivity index (χ1n) is 7.05. The Bertz CT molecular complexity index is 501. The van der Waals surface area contributed by atoms with Gasteiger partial charge in [-0.2, -0.15) is 11.8 Å². The second kappa shape index (κ2) is 7.11. The van der Waals surface area contributed by atoms with Crippen molar-refractivity contribution >= 4 is 23.4 Å². The molecule has 2 rings (SSSR count). The average molecular weight is 314 g/mol. The Kier molecular flexibility index (Phi) is 5.45. The summed E-state index contributed by atoms with van der Waals surface area (Å²) < 4.78 is 27.4. The molecule has 1 aromatic rings. The highest BCUT2D eigenvalue weighted by Crippen LogP contribution is 2.27. The van der Waals surface area contributed by atoms with E-state index in [1.54, 1.807) is 11.8 Å². The third-order valence-electron chi connectivity index (χ3n) is 3.85. The quantitative estimate of drug-likeness (QED) is 0.895. The number of hydrogen-bond donors (Lipinski definition) is 2. The van der Waals surface area contributed by atoms with Gasteiger partial charge >= 0.3 is 0 Å². The number of halogens is 2. The summed E-state index contributed by atoms with van der Waals surface area (Å²) in [4.78, 5) is 12.1. The van der Waals surface area contributed by atoms with E-state index in [9.17, 15) is 13.6 Å². The average Bonchev–Trinajstić information content (AvgIpc) is 2.47. The molecule has 1 aliphatic rings. The Hall–Kier alpha value is -1.30. The van der Waals surface area contributed by atoms with Crippen LogP contribution in [0, 0.1) is 11.6 Å². The Morgan fingerprint density at radius 3 is 2.52 bits per heavy atom. The van der Waals surface area contributed by atoms with Gasteiger partial charge in [0.1, 0.15) is 17.3 Å². The van der Waals surface area contributed by atoms with Gasteiger partial charge in [0.25, 0.3) is 5.91 Å². The van der Waals surface area contributed by atoms with Crippen LogP contribution in [0.25, 0.3) is 0 Å². The van der Waals surface area contributed by atoms with Gasteiger partial charge in [0.2, 0.25) is 0 Å². The van der Waals surface area contributed by atoms with Crippen molar-refractivity contribution in [3.05, 3.63) is 29.3 Å². The minimum absolute atomic E-state index is 0.0234. The van der Waals surface area contributed by atoms with E-state index in [0.717, 1.165) is 37.8 Å². The molecule has 116 valence electrons. The highest BCUT2D eigenvalue weighted by molar-refractivity contribution is 7.99. The third-order valence-corrected chi connectivity index (χ3v) is 4.94. The highest BCUT2D eigenvalue weighted by Gasteiger charge is 2.23. The van der Waals surface area contributed by atoms with Crippen LogP contribution in [-0.4, -0.2) is 30.5 Å². The number of nitrogens with one attached hydrogen (secondary N) is 2. The number of carbonyl (C=O) groups is 1. The molecule has 1 aliphatic carbocycles. The fourth-order valence-corrected chi connectivity index (χ4v) is 3.53. The minimum Gasteiger partial charge on any atom is -0.383 e. The van der Waals surface area contributed by atoms with E-state index >= 15 is 0 Å². The molecule has 3 nitrogen and oxygen atoms in total. The lowest BCUT2D eigenvalue weighted by Crippen LogP contribution is -2.39. The van der Waals surface area contributed by atoms with Crippen LogP contribution >= 0.6 is 11.8 Å². The van der Waals surface area contributed by atoms with Gasteiger partial charge in [0, 0.05) is 23.9 Å². The zero-order valence-corrected chi connectivity index (χ0v) is 13.0. The van der Waals surface area contributed by atoms with Gasteiger partial charge in [-0.3, -0.25) is 4.79 Å². The molecule has 0 radical (unpaired) electrons. The number of benzene rings is 1. The van der Waals surface area contributed by atoms with Gasteiger partial charge in [-0.25, -0.2) is 8.78 Å². The number of thioether (sulfide) groups is 1. The van der Waals surface area contributed by atoms with Crippen molar-refractivity contribution in [2.75, 3.05) is 18.6 Å². The van der Waals surface area contributed by atoms with Crippen molar-refractivity contribution in [2.24, 2.45) is 0 Å². The van der Waals surface area contributed by atoms with E-state index < -0.39 is 17.5 Å². The summed E-state index contributed by atoms with van der Waals surface area (Å²) in [7, 11) is 1.44. The Balaban J connectivity index is 2.06. The second-order valence-electron chi connectivity index (χ2n) is 5.26. The Morgan fingerprint density at radius 2 is 1.95 bits per heavy atom. The lowest BCUT2D eigenvalue weighted by Gasteiger charge is -2.28. The molecule has 0 aromatic heterocycles. The SMILES string of the molecule is CNc1c(F)cc(C(=O)NC2CCCC(SC)C2)cc1F. The molecule has 21 heavy (non-hydrogen) atoms. The predicted molar refractivity (Wildman–Crippen MR) is 82.9 cm³/mol. The largest absolute Gasteiger partial charge is 0.383 e. The predicted octanol–water partition coefficient (Wildman–Crippen LogP) is 3.41. The summed E-state index contributed by atoms with van der Waals surface area (Å²) in [6, 6.07) is 2.22. The molecule has 0 heterocycles. The fraction of sp³-hybridized carbons (Fsp3) is 0.533. The zero-order chi connectivity index (χ0) is 15.4. The van der Waals surface area contributed by atoms with E-state index in [2.05, 4.69) is 16.9 Å². The van der Waals surface area contributed by atoms with E-state index in [0.29, 0.717) is 5.25 Å². The highest BCUT2D eigenvalue weighted by atomic mass is 32.2. The molecule has 1 amide bonds. The summed E-state index contributed by atoms with van der Waals surface area (Å²) >= 11 is 1.80. The summed E-state index contributed by atoms with van der Waals surface area (Å²) in [5, 5.41) is 5.87. The standard InChI is InChI=1S/C15H20F2N2OS/c1-18-14-12(16)6-9(7-13(14)17)15(20)19-10-4-3-5-11(8-10)21-2/h6-7,10-11,18H,3-5,8H2,1-2H3,(H,19,20). The number of carbonyl (C=O) groups excluding carboxylic acids is 1. The van der Waals surface area contributed by atoms with Crippen LogP contribution in [0.15, 0.2) is 12.1 Å². The normalized spacial score (nSPS) is 21.9. The van der Waals surface area contributed by atoms with Crippen molar-refractivity contribution in [3.8, 4) is 0 Å². The van der Waals surface area contributed by atoms with Crippen LogP contribution in [0.5, 0.6) is 0 Å². The van der Waals surface area contributed by atoms with E-state index in [-0.39, 0.29) is 17.3 Å². The van der Waals surface area contributed by atoms with E-state index in [1.165, 1.54) is 7.05 Å². The molecule has 6 heteroatoms. The molecule has 1 aromatic carbocycles. The lowest BCUT2D eigenvalue weighted by atomic mass is 9.94. The van der Waals surface area contributed by atoms with Gasteiger partial charge in [-0.1, -0.05) is 6.42 Å². The Morgan fingerprint density at radius 1 is 1.29 bits per heavy atom. The van der Waals surface area contributed by atoms with Crippen LogP contribution in [0.2, 0.25) is 0 Å². The topological polar surface area (TPSA) is 41.1 Å². The summed E-state index contributed by atoms with van der Waals surface area (Å²) in [6.45, 7) is 0. The third kappa shape index (κ3) is 3.87. The maximum Gasteiger partial charge on any atom is 0.251 e. The van der Waals surface area contributed by atoms with Crippen LogP contribution in [0.1, 0.15) is 36.0 Å². The summed E-state index contributed by atoms with van der Waals surface area (Å²) in [5.41, 5.74) is -0.193. The van der Waals surface area contributed by atoms with Gasteiger partial charge in [0.15, 0.2) is 0 Å². The molecule has 2 unspecified atom stereocenters. The fourth-order valence-electron chi connectivity index (χ4n) is 2.70. The number of amides is 1. The van der Waals surface area contributed by atoms with Crippen LogP contribution in [-0.2, 0) is 0 Å². The van der Waals surface area contributed by atoms with Crippen molar-refractivity contribution in [2.45, 2.75) is 37.0 Å². The van der Waals surface area contributed by atoms with Gasteiger partial charge in [0.05, 0.1) is 0 Å². The number of anilines is 1. The first kappa shape index (κ1) is 16.1. The zero-order valence-electron chi connectivity index (χ0n) is 12.2. The molecule has 0 spiro atoms. The lowest BCUT2D eigenvalue weighted by molar-refractivity contribution is 0.0927. The maximum absolute atomic E-state index is 13.7. The van der Waals surface area contributed by atoms with Gasteiger partial charge in [-0.15, -0.1) is 0 Å². The maximum atomic E-state index is 13.7. The molecule has 1 saturated carbocycles. The van der Waals surface area contributed by atoms with E-state index in [4.69, 9.17) is 0 Å². The van der Waals surface area contributed by atoms with Crippen molar-refractivity contribution < 1.29 is 13.6 Å². The van der Waals surface area contributed by atoms with Crippen LogP contribution in [0.4, 0.5) is 14.5 Å². The van der Waals surface area contributed by atoms with Gasteiger partial charge < -0.3 is 10.6 Å². The first-order valence-corrected chi connectivity index (χ1v) is 8.34. The summed E-state index contributed by atoms with van der Waals surface area (Å²) in [6.07, 6.45) is 6.12. The van der Waals surface area contributed by atoms with Crippen LogP contribution < -0.4 is 10.6 Å². The molecular weight excluding hydrogens is 294 g/mol. The van der Waals surface area contributed by atoms with Crippen LogP contribution in [0.3, 0.4) is 0 Å². The minimum atomic E-state index is -0.756. The first-order chi connectivity index (χ1) is 10.0. The molecule has 0 saturated heterocycles. The van der Waals surface area contributed by atoms with E-state index in [1.807, 2.05) is 0 Å². The molecule has 2 N–H and O–H groups in total. The molecule has 2 atom stereocenters. The number of hydrogen-bond acceptors (Lipinski definition) is 3. The van der Waals surface area contributed by atoms with Crippen molar-refractivity contribution in [3.63, 3.8) is 0 Å². The molecule has 0 bridgehead atoms. The molecule has 0 aliphatic heterocycles. The Labute approximate surface area is 127 Å². The van der Waals surface area contributed by atoms with Gasteiger partial charge in [-0.05, 0) is 37.7 Å². The molecule has 1 fully saturated rings. The number of rotatable bonds is 4. The second-order valence-corrected chi connectivity index (χ2v) is 6.40.